The summed E-state index contributed by atoms with van der Waals surface area (Å²) in [5, 5.41) is 19.1. The average molecular weight is 292 g/mol. The molecule has 22 heavy (non-hydrogen) atoms. The van der Waals surface area contributed by atoms with Crippen molar-refractivity contribution in [1.29, 1.82) is 5.26 Å². The van der Waals surface area contributed by atoms with Crippen molar-refractivity contribution in [3.05, 3.63) is 64.7 Å². The number of carbonyl (C=O) groups is 1. The first kappa shape index (κ1) is 14.3. The summed E-state index contributed by atoms with van der Waals surface area (Å²) in [6, 6.07) is 14.4. The predicted molar refractivity (Wildman–Crippen MR) is 83.6 cm³/mol. The van der Waals surface area contributed by atoms with Gasteiger partial charge < -0.3 is 10.0 Å². The third-order valence-electron chi connectivity index (χ3n) is 4.01. The van der Waals surface area contributed by atoms with Gasteiger partial charge >= 0.3 is 0 Å². The van der Waals surface area contributed by atoms with Gasteiger partial charge in [-0.15, -0.1) is 0 Å². The number of fused-ring (bicyclic) bond motifs is 1. The number of carbonyl (C=O) groups excluding carboxylic acids is 1. The average Bonchev–Trinajstić information content (AvgIpc) is 2.55. The Balaban J connectivity index is 2.05. The fraction of sp³-hybridized carbons (Fsp3) is 0.222. The van der Waals surface area contributed by atoms with Crippen LogP contribution in [0, 0.1) is 18.3 Å². The quantitative estimate of drug-likeness (QED) is 0.879. The number of benzene rings is 2. The number of hydrogen-bond acceptors (Lipinski definition) is 3. The molecule has 110 valence electrons. The number of amides is 1. The van der Waals surface area contributed by atoms with Gasteiger partial charge in [-0.05, 0) is 37.1 Å². The Labute approximate surface area is 129 Å². The molecule has 1 heterocycles. The van der Waals surface area contributed by atoms with E-state index in [0.29, 0.717) is 24.1 Å². The molecule has 1 aliphatic rings. The summed E-state index contributed by atoms with van der Waals surface area (Å²) in [4.78, 5) is 14.5. The Bertz CT molecular complexity index is 777. The minimum Gasteiger partial charge on any atom is -0.388 e. The van der Waals surface area contributed by atoms with Crippen molar-refractivity contribution in [2.24, 2.45) is 0 Å². The molecule has 0 radical (unpaired) electrons. The highest BCUT2D eigenvalue weighted by atomic mass is 16.3. The molecule has 2 aromatic rings. The lowest BCUT2D eigenvalue weighted by Gasteiger charge is -2.33. The topological polar surface area (TPSA) is 64.3 Å². The van der Waals surface area contributed by atoms with E-state index in [9.17, 15) is 9.90 Å². The van der Waals surface area contributed by atoms with Gasteiger partial charge in [0.15, 0.2) is 0 Å². The van der Waals surface area contributed by atoms with Gasteiger partial charge in [0.1, 0.15) is 0 Å². The van der Waals surface area contributed by atoms with Crippen LogP contribution < -0.4 is 4.90 Å². The predicted octanol–water partition coefficient (Wildman–Crippen LogP) is 2.95. The second-order valence-electron chi connectivity index (χ2n) is 5.47. The number of rotatable bonds is 1. The lowest BCUT2D eigenvalue weighted by molar-refractivity contribution is 0.0970. The first-order valence-electron chi connectivity index (χ1n) is 7.21. The highest BCUT2D eigenvalue weighted by Crippen LogP contribution is 2.36. The second kappa shape index (κ2) is 5.63. The normalized spacial score (nSPS) is 16.8. The Morgan fingerprint density at radius 3 is 2.86 bits per heavy atom. The van der Waals surface area contributed by atoms with Gasteiger partial charge in [0.2, 0.25) is 0 Å². The van der Waals surface area contributed by atoms with E-state index in [1.165, 1.54) is 0 Å². The van der Waals surface area contributed by atoms with E-state index >= 15 is 0 Å². The minimum absolute atomic E-state index is 0.139. The van der Waals surface area contributed by atoms with Crippen LogP contribution in [0.25, 0.3) is 0 Å². The Hall–Kier alpha value is -2.64. The van der Waals surface area contributed by atoms with Crippen molar-refractivity contribution < 1.29 is 9.90 Å². The van der Waals surface area contributed by atoms with Gasteiger partial charge in [0.05, 0.1) is 23.4 Å². The minimum atomic E-state index is -0.538. The zero-order chi connectivity index (χ0) is 15.7. The summed E-state index contributed by atoms with van der Waals surface area (Å²) >= 11 is 0. The third kappa shape index (κ3) is 2.36. The smallest absolute Gasteiger partial charge is 0.258 e. The lowest BCUT2D eigenvalue weighted by Crippen LogP contribution is -2.37. The molecule has 4 heteroatoms. The SMILES string of the molecule is Cc1cccc2c1N(C(=O)c1cccc(C#N)c1)CCC2O. The summed E-state index contributed by atoms with van der Waals surface area (Å²) in [5.74, 6) is -0.139. The number of anilines is 1. The largest absolute Gasteiger partial charge is 0.388 e. The highest BCUT2D eigenvalue weighted by molar-refractivity contribution is 6.07. The van der Waals surface area contributed by atoms with Gasteiger partial charge in [-0.25, -0.2) is 0 Å². The van der Waals surface area contributed by atoms with Crippen LogP contribution in [0.1, 0.15) is 39.6 Å². The van der Waals surface area contributed by atoms with Crippen LogP contribution in [0.5, 0.6) is 0 Å². The second-order valence-corrected chi connectivity index (χ2v) is 5.47. The molecule has 1 amide bonds. The van der Waals surface area contributed by atoms with E-state index in [2.05, 4.69) is 6.07 Å². The maximum Gasteiger partial charge on any atom is 0.258 e. The zero-order valence-corrected chi connectivity index (χ0v) is 12.3. The summed E-state index contributed by atoms with van der Waals surface area (Å²) in [5.41, 5.74) is 3.49. The number of aliphatic hydroxyl groups is 1. The first-order valence-corrected chi connectivity index (χ1v) is 7.21. The molecule has 1 atom stereocenters. The molecule has 0 spiro atoms. The lowest BCUT2D eigenvalue weighted by atomic mass is 9.95. The number of nitrogens with zero attached hydrogens (tertiary/aromatic N) is 2. The number of aryl methyl sites for hydroxylation is 1. The third-order valence-corrected chi connectivity index (χ3v) is 4.01. The van der Waals surface area contributed by atoms with Crippen molar-refractivity contribution in [3.8, 4) is 6.07 Å². The maximum atomic E-state index is 12.8. The van der Waals surface area contributed by atoms with E-state index < -0.39 is 6.10 Å². The van der Waals surface area contributed by atoms with Gasteiger partial charge in [-0.2, -0.15) is 5.26 Å². The van der Waals surface area contributed by atoms with Gasteiger partial charge in [-0.1, -0.05) is 24.3 Å². The van der Waals surface area contributed by atoms with Crippen LogP contribution in [0.4, 0.5) is 5.69 Å². The fourth-order valence-corrected chi connectivity index (χ4v) is 2.92. The molecule has 3 rings (SSSR count). The van der Waals surface area contributed by atoms with E-state index in [1.54, 1.807) is 29.2 Å². The fourth-order valence-electron chi connectivity index (χ4n) is 2.92. The van der Waals surface area contributed by atoms with Gasteiger partial charge in [-0.3, -0.25) is 4.79 Å². The van der Waals surface area contributed by atoms with Gasteiger partial charge in [0, 0.05) is 17.7 Å². The van der Waals surface area contributed by atoms with Crippen LogP contribution >= 0.6 is 0 Å². The molecule has 0 saturated heterocycles. The molecular formula is C18H16N2O2. The van der Waals surface area contributed by atoms with Crippen LogP contribution in [0.15, 0.2) is 42.5 Å². The van der Waals surface area contributed by atoms with E-state index in [-0.39, 0.29) is 5.91 Å². The molecule has 1 N–H and O–H groups in total. The molecule has 0 aliphatic carbocycles. The summed E-state index contributed by atoms with van der Waals surface area (Å²) in [6.45, 7) is 2.40. The standard InChI is InChI=1S/C18H16N2O2/c1-12-4-2-7-15-16(21)8-9-20(17(12)15)18(22)14-6-3-5-13(10-14)11-19/h2-7,10,16,21H,8-9H2,1H3. The van der Waals surface area contributed by atoms with Crippen LogP contribution in [0.2, 0.25) is 0 Å². The van der Waals surface area contributed by atoms with Gasteiger partial charge in [0.25, 0.3) is 5.91 Å². The van der Waals surface area contributed by atoms with Crippen LogP contribution in [-0.4, -0.2) is 17.6 Å². The van der Waals surface area contributed by atoms with E-state index in [1.807, 2.05) is 25.1 Å². The maximum absolute atomic E-state index is 12.8. The summed E-state index contributed by atoms with van der Waals surface area (Å²) in [7, 11) is 0. The molecule has 4 nitrogen and oxygen atoms in total. The first-order chi connectivity index (χ1) is 10.6. The highest BCUT2D eigenvalue weighted by Gasteiger charge is 2.29. The molecule has 1 aliphatic heterocycles. The summed E-state index contributed by atoms with van der Waals surface area (Å²) in [6.07, 6.45) is -0.0236. The van der Waals surface area contributed by atoms with Crippen molar-refractivity contribution in [1.82, 2.24) is 0 Å². The number of hydrogen-bond donors (Lipinski definition) is 1. The van der Waals surface area contributed by atoms with Crippen molar-refractivity contribution >= 4 is 11.6 Å². The molecule has 0 bridgehead atoms. The van der Waals surface area contributed by atoms with Crippen molar-refractivity contribution in [2.45, 2.75) is 19.4 Å². The molecule has 1 unspecified atom stereocenters. The Morgan fingerprint density at radius 2 is 2.09 bits per heavy atom. The number of nitriles is 1. The molecule has 0 aromatic heterocycles. The van der Waals surface area contributed by atoms with Crippen molar-refractivity contribution in [2.75, 3.05) is 11.4 Å². The molecular weight excluding hydrogens is 276 g/mol. The number of para-hydroxylation sites is 1. The molecule has 0 saturated carbocycles. The summed E-state index contributed by atoms with van der Waals surface area (Å²) < 4.78 is 0. The van der Waals surface area contributed by atoms with Crippen molar-refractivity contribution in [3.63, 3.8) is 0 Å². The molecule has 2 aromatic carbocycles. The zero-order valence-electron chi connectivity index (χ0n) is 12.3. The Kier molecular flexibility index (Phi) is 3.66. The van der Waals surface area contributed by atoms with E-state index in [4.69, 9.17) is 5.26 Å². The van der Waals surface area contributed by atoms with Crippen LogP contribution in [-0.2, 0) is 0 Å². The molecule has 0 fully saturated rings. The monoisotopic (exact) mass is 292 g/mol. The number of aliphatic hydroxyl groups excluding tert-OH is 1. The Morgan fingerprint density at radius 1 is 1.32 bits per heavy atom. The van der Waals surface area contributed by atoms with Crippen LogP contribution in [0.3, 0.4) is 0 Å². The van der Waals surface area contributed by atoms with E-state index in [0.717, 1.165) is 16.8 Å².